The van der Waals surface area contributed by atoms with Gasteiger partial charge in [0.1, 0.15) is 13.2 Å². The Labute approximate surface area is 192 Å². The van der Waals surface area contributed by atoms with Crippen LogP contribution in [0.25, 0.3) is 10.9 Å². The summed E-state index contributed by atoms with van der Waals surface area (Å²) in [4.78, 5) is 9.19. The Hall–Kier alpha value is -3.08. The van der Waals surface area contributed by atoms with Crippen molar-refractivity contribution in [3.63, 3.8) is 0 Å². The lowest BCUT2D eigenvalue weighted by Gasteiger charge is -2.29. The number of morpholine rings is 2. The van der Waals surface area contributed by atoms with Gasteiger partial charge in [0.25, 0.3) is 0 Å². The summed E-state index contributed by atoms with van der Waals surface area (Å²) in [7, 11) is 0. The molecule has 2 saturated heterocycles. The van der Waals surface area contributed by atoms with Gasteiger partial charge in [-0.05, 0) is 6.07 Å². The lowest BCUT2D eigenvalue weighted by atomic mass is 10.2. The van der Waals surface area contributed by atoms with Gasteiger partial charge in [0.05, 0.1) is 37.6 Å². The standard InChI is InChI=1S/C23H29N7O3/c1-2-4-20-19(3-1)21(27-26-20)17-24-28-22-15-18(30-8-12-32-13-9-30)16-23(25-22)33-14-7-29-5-10-31-11-6-29/h1-4,15-16H,5-14,17H2,(H,26,27). The van der Waals surface area contributed by atoms with Crippen LogP contribution < -0.4 is 9.64 Å². The van der Waals surface area contributed by atoms with Gasteiger partial charge >= 0.3 is 0 Å². The van der Waals surface area contributed by atoms with E-state index in [0.717, 1.165) is 68.2 Å². The zero-order valence-corrected chi connectivity index (χ0v) is 18.7. The first-order valence-corrected chi connectivity index (χ1v) is 11.4. The number of benzene rings is 1. The van der Waals surface area contributed by atoms with Crippen LogP contribution in [0.1, 0.15) is 5.69 Å². The summed E-state index contributed by atoms with van der Waals surface area (Å²) in [6, 6.07) is 11.9. The number of hydrogen-bond donors (Lipinski definition) is 1. The fraction of sp³-hybridized carbons (Fsp3) is 0.478. The highest BCUT2D eigenvalue weighted by molar-refractivity contribution is 5.81. The first-order chi connectivity index (χ1) is 16.3. The molecular weight excluding hydrogens is 422 g/mol. The Morgan fingerprint density at radius 1 is 1.00 bits per heavy atom. The number of nitrogens with zero attached hydrogens (tertiary/aromatic N) is 6. The van der Waals surface area contributed by atoms with Gasteiger partial charge in [-0.3, -0.25) is 10.00 Å². The minimum absolute atomic E-state index is 0.400. The molecule has 33 heavy (non-hydrogen) atoms. The number of aromatic amines is 1. The molecule has 174 valence electrons. The second kappa shape index (κ2) is 10.7. The van der Waals surface area contributed by atoms with Crippen LogP contribution in [0.3, 0.4) is 0 Å². The van der Waals surface area contributed by atoms with Crippen molar-refractivity contribution in [2.24, 2.45) is 10.2 Å². The quantitative estimate of drug-likeness (QED) is 0.526. The molecule has 0 spiro atoms. The number of H-pyrrole nitrogens is 1. The number of aromatic nitrogens is 3. The van der Waals surface area contributed by atoms with E-state index >= 15 is 0 Å². The number of pyridine rings is 1. The van der Waals surface area contributed by atoms with Gasteiger partial charge < -0.3 is 19.1 Å². The molecule has 2 aromatic heterocycles. The number of rotatable bonds is 8. The fourth-order valence-electron chi connectivity index (χ4n) is 4.02. The number of para-hydroxylation sites is 1. The van der Waals surface area contributed by atoms with E-state index in [4.69, 9.17) is 14.2 Å². The van der Waals surface area contributed by atoms with E-state index in [9.17, 15) is 0 Å². The molecule has 0 bridgehead atoms. The van der Waals surface area contributed by atoms with Crippen molar-refractivity contribution in [2.45, 2.75) is 6.54 Å². The molecular formula is C23H29N7O3. The Bertz CT molecular complexity index is 1070. The number of anilines is 1. The number of azo groups is 1. The summed E-state index contributed by atoms with van der Waals surface area (Å²) in [5, 5.41) is 17.2. The van der Waals surface area contributed by atoms with E-state index in [-0.39, 0.29) is 0 Å². The molecule has 10 heteroatoms. The summed E-state index contributed by atoms with van der Waals surface area (Å²) < 4.78 is 16.9. The van der Waals surface area contributed by atoms with E-state index in [1.165, 1.54) is 0 Å². The zero-order valence-electron chi connectivity index (χ0n) is 18.7. The predicted octanol–water partition coefficient (Wildman–Crippen LogP) is 2.79. The average molecular weight is 452 g/mol. The van der Waals surface area contributed by atoms with Gasteiger partial charge in [0.2, 0.25) is 5.88 Å². The van der Waals surface area contributed by atoms with Crippen LogP contribution in [0.2, 0.25) is 0 Å². The molecule has 0 saturated carbocycles. The normalized spacial score (nSPS) is 17.8. The van der Waals surface area contributed by atoms with Crippen molar-refractivity contribution in [3.8, 4) is 5.88 Å². The van der Waals surface area contributed by atoms with Gasteiger partial charge in [-0.1, -0.05) is 18.2 Å². The first-order valence-electron chi connectivity index (χ1n) is 11.4. The molecule has 10 nitrogen and oxygen atoms in total. The minimum atomic E-state index is 0.400. The molecule has 3 aromatic rings. The molecule has 0 atom stereocenters. The molecule has 1 N–H and O–H groups in total. The topological polar surface area (TPSA) is 100 Å². The maximum absolute atomic E-state index is 6.02. The summed E-state index contributed by atoms with van der Waals surface area (Å²) >= 11 is 0. The molecule has 2 aliphatic rings. The molecule has 0 unspecified atom stereocenters. The van der Waals surface area contributed by atoms with Crippen LogP contribution in [-0.2, 0) is 16.0 Å². The maximum Gasteiger partial charge on any atom is 0.217 e. The second-order valence-electron chi connectivity index (χ2n) is 8.04. The van der Waals surface area contributed by atoms with E-state index in [2.05, 4.69) is 35.2 Å². The monoisotopic (exact) mass is 451 g/mol. The minimum Gasteiger partial charge on any atom is -0.476 e. The molecule has 4 heterocycles. The Morgan fingerprint density at radius 3 is 2.64 bits per heavy atom. The van der Waals surface area contributed by atoms with Crippen molar-refractivity contribution in [1.82, 2.24) is 20.1 Å². The van der Waals surface area contributed by atoms with Crippen LogP contribution in [0, 0.1) is 0 Å². The Balaban J connectivity index is 1.29. The number of nitrogens with one attached hydrogen (secondary N) is 1. The highest BCUT2D eigenvalue weighted by Gasteiger charge is 2.15. The van der Waals surface area contributed by atoms with Crippen LogP contribution in [0.15, 0.2) is 46.6 Å². The van der Waals surface area contributed by atoms with Crippen LogP contribution >= 0.6 is 0 Å². The summed E-state index contributed by atoms with van der Waals surface area (Å²) in [5.41, 5.74) is 2.88. The van der Waals surface area contributed by atoms with Crippen LogP contribution in [-0.4, -0.2) is 85.8 Å². The zero-order chi connectivity index (χ0) is 22.3. The Morgan fingerprint density at radius 2 is 1.79 bits per heavy atom. The van der Waals surface area contributed by atoms with Gasteiger partial charge in [0, 0.05) is 55.9 Å². The van der Waals surface area contributed by atoms with E-state index in [1.54, 1.807) is 0 Å². The molecule has 0 aliphatic carbocycles. The van der Waals surface area contributed by atoms with Gasteiger partial charge in [-0.25, -0.2) is 0 Å². The number of fused-ring (bicyclic) bond motifs is 1. The van der Waals surface area contributed by atoms with Gasteiger partial charge in [-0.2, -0.15) is 15.2 Å². The predicted molar refractivity (Wildman–Crippen MR) is 124 cm³/mol. The van der Waals surface area contributed by atoms with Crippen LogP contribution in [0.5, 0.6) is 5.88 Å². The first kappa shape index (κ1) is 21.7. The van der Waals surface area contributed by atoms with Crippen molar-refractivity contribution in [2.75, 3.05) is 70.7 Å². The summed E-state index contributed by atoms with van der Waals surface area (Å²) in [5.74, 6) is 1.09. The maximum atomic E-state index is 6.02. The van der Waals surface area contributed by atoms with Crippen molar-refractivity contribution >= 4 is 22.4 Å². The van der Waals surface area contributed by atoms with E-state index in [1.807, 2.05) is 36.4 Å². The molecule has 2 fully saturated rings. The smallest absolute Gasteiger partial charge is 0.217 e. The molecule has 2 aliphatic heterocycles. The molecule has 0 radical (unpaired) electrons. The average Bonchev–Trinajstić information content (AvgIpc) is 3.28. The van der Waals surface area contributed by atoms with Crippen molar-refractivity contribution in [3.05, 3.63) is 42.1 Å². The Kier molecular flexibility index (Phi) is 7.05. The SMILES string of the molecule is c1ccc2c(CN=Nc3cc(N4CCOCC4)cc(OCCN4CCOCC4)n3)[nH]nc2c1. The third kappa shape index (κ3) is 5.65. The van der Waals surface area contributed by atoms with E-state index < -0.39 is 0 Å². The third-order valence-electron chi connectivity index (χ3n) is 5.85. The lowest BCUT2D eigenvalue weighted by Crippen LogP contribution is -2.38. The second-order valence-corrected chi connectivity index (χ2v) is 8.04. The number of ether oxygens (including phenoxy) is 3. The summed E-state index contributed by atoms with van der Waals surface area (Å²) in [6.07, 6.45) is 0. The highest BCUT2D eigenvalue weighted by atomic mass is 16.5. The van der Waals surface area contributed by atoms with Crippen molar-refractivity contribution in [1.29, 1.82) is 0 Å². The lowest BCUT2D eigenvalue weighted by molar-refractivity contribution is 0.0320. The third-order valence-corrected chi connectivity index (χ3v) is 5.85. The van der Waals surface area contributed by atoms with Crippen molar-refractivity contribution < 1.29 is 14.2 Å². The summed E-state index contributed by atoms with van der Waals surface area (Å²) in [6.45, 7) is 8.31. The van der Waals surface area contributed by atoms with Gasteiger partial charge in [-0.15, -0.1) is 5.11 Å². The van der Waals surface area contributed by atoms with Gasteiger partial charge in [0.15, 0.2) is 5.82 Å². The highest BCUT2D eigenvalue weighted by Crippen LogP contribution is 2.27. The van der Waals surface area contributed by atoms with Crippen LogP contribution in [0.4, 0.5) is 11.5 Å². The largest absolute Gasteiger partial charge is 0.476 e. The number of hydrogen-bond acceptors (Lipinski definition) is 9. The van der Waals surface area contributed by atoms with E-state index in [0.29, 0.717) is 38.1 Å². The molecule has 0 amide bonds. The fourth-order valence-corrected chi connectivity index (χ4v) is 4.02. The molecule has 5 rings (SSSR count). The molecule has 1 aromatic carbocycles.